The monoisotopic (exact) mass is 226 g/mol. The van der Waals surface area contributed by atoms with E-state index < -0.39 is 5.79 Å². The van der Waals surface area contributed by atoms with Gasteiger partial charge in [-0.05, 0) is 37.5 Å². The van der Waals surface area contributed by atoms with Crippen molar-refractivity contribution in [3.63, 3.8) is 0 Å². The van der Waals surface area contributed by atoms with E-state index in [1.54, 1.807) is 6.07 Å². The minimum absolute atomic E-state index is 0.614. The van der Waals surface area contributed by atoms with E-state index in [-0.39, 0.29) is 0 Å². The Balaban J connectivity index is 2.38. The van der Waals surface area contributed by atoms with Crippen LogP contribution in [0.15, 0.2) is 18.2 Å². The molecule has 15 heavy (non-hydrogen) atoms. The molecule has 0 saturated carbocycles. The molecule has 2 rings (SSSR count). The molecule has 2 nitrogen and oxygen atoms in total. The third kappa shape index (κ3) is 2.17. The topological polar surface area (TPSA) is 29.5 Å². The number of halogens is 1. The highest BCUT2D eigenvalue weighted by Gasteiger charge is 2.33. The molecule has 1 fully saturated rings. The fraction of sp³-hybridized carbons (Fsp3) is 0.500. The van der Waals surface area contributed by atoms with Gasteiger partial charge in [-0.15, -0.1) is 0 Å². The summed E-state index contributed by atoms with van der Waals surface area (Å²) in [7, 11) is 0. The molecule has 0 amide bonds. The number of hydrogen-bond donors (Lipinski definition) is 1. The number of ether oxygens (including phenoxy) is 1. The van der Waals surface area contributed by atoms with Gasteiger partial charge >= 0.3 is 0 Å². The zero-order chi connectivity index (χ0) is 10.9. The van der Waals surface area contributed by atoms with Crippen LogP contribution < -0.4 is 0 Å². The molecule has 1 aromatic rings. The summed E-state index contributed by atoms with van der Waals surface area (Å²) in [6.45, 7) is 2.57. The summed E-state index contributed by atoms with van der Waals surface area (Å²) in [6.07, 6.45) is 2.65. The molecule has 1 aliphatic heterocycles. The lowest BCUT2D eigenvalue weighted by molar-refractivity contribution is -0.234. The molecule has 1 aliphatic rings. The van der Waals surface area contributed by atoms with E-state index in [0.29, 0.717) is 18.1 Å². The third-order valence-corrected chi connectivity index (χ3v) is 3.11. The van der Waals surface area contributed by atoms with Crippen molar-refractivity contribution in [2.24, 2.45) is 0 Å². The van der Waals surface area contributed by atoms with Crippen LogP contribution in [-0.4, -0.2) is 11.7 Å². The molecule has 0 aromatic heterocycles. The largest absolute Gasteiger partial charge is 0.362 e. The van der Waals surface area contributed by atoms with Gasteiger partial charge in [0.05, 0.1) is 6.61 Å². The zero-order valence-corrected chi connectivity index (χ0v) is 9.55. The van der Waals surface area contributed by atoms with E-state index in [2.05, 4.69) is 0 Å². The number of aliphatic hydroxyl groups is 1. The molecule has 1 heterocycles. The first-order valence-electron chi connectivity index (χ1n) is 5.25. The van der Waals surface area contributed by atoms with Crippen molar-refractivity contribution >= 4 is 11.6 Å². The molecule has 0 aliphatic carbocycles. The highest BCUT2D eigenvalue weighted by Crippen LogP contribution is 2.35. The quantitative estimate of drug-likeness (QED) is 0.798. The second-order valence-corrected chi connectivity index (χ2v) is 4.49. The van der Waals surface area contributed by atoms with Gasteiger partial charge in [-0.2, -0.15) is 0 Å². The van der Waals surface area contributed by atoms with Crippen LogP contribution in [-0.2, 0) is 10.5 Å². The summed E-state index contributed by atoms with van der Waals surface area (Å²) in [5.41, 5.74) is 1.82. The number of hydrogen-bond acceptors (Lipinski definition) is 2. The Bertz CT molecular complexity index is 357. The van der Waals surface area contributed by atoms with E-state index in [0.717, 1.165) is 24.0 Å². The average Bonchev–Trinajstić information content (AvgIpc) is 2.23. The van der Waals surface area contributed by atoms with E-state index in [1.807, 2.05) is 19.1 Å². The summed E-state index contributed by atoms with van der Waals surface area (Å²) in [5.74, 6) is -1.13. The second-order valence-electron chi connectivity index (χ2n) is 4.05. The summed E-state index contributed by atoms with van der Waals surface area (Å²) >= 11 is 5.93. The Labute approximate surface area is 94.8 Å². The van der Waals surface area contributed by atoms with Gasteiger partial charge in [0.1, 0.15) is 0 Å². The second kappa shape index (κ2) is 4.12. The van der Waals surface area contributed by atoms with Crippen LogP contribution in [0.25, 0.3) is 0 Å². The van der Waals surface area contributed by atoms with Crippen LogP contribution in [0.2, 0.25) is 5.02 Å². The number of rotatable bonds is 1. The third-order valence-electron chi connectivity index (χ3n) is 2.87. The fourth-order valence-electron chi connectivity index (χ4n) is 2.01. The minimum Gasteiger partial charge on any atom is -0.362 e. The van der Waals surface area contributed by atoms with Crippen molar-refractivity contribution in [2.45, 2.75) is 32.0 Å². The van der Waals surface area contributed by atoms with Crippen molar-refractivity contribution in [1.82, 2.24) is 0 Å². The molecule has 82 valence electrons. The Kier molecular flexibility index (Phi) is 3.01. The maximum absolute atomic E-state index is 10.4. The fourth-order valence-corrected chi connectivity index (χ4v) is 2.18. The molecule has 1 N–H and O–H groups in total. The molecule has 1 aromatic carbocycles. The molecule has 1 unspecified atom stereocenters. The lowest BCUT2D eigenvalue weighted by Gasteiger charge is -2.33. The van der Waals surface area contributed by atoms with Crippen LogP contribution >= 0.6 is 11.6 Å². The SMILES string of the molecule is Cc1ccc(Cl)cc1C1(O)CCCCO1. The van der Waals surface area contributed by atoms with Crippen molar-refractivity contribution in [3.05, 3.63) is 34.3 Å². The van der Waals surface area contributed by atoms with Gasteiger partial charge in [0.25, 0.3) is 0 Å². The van der Waals surface area contributed by atoms with Gasteiger partial charge in [0, 0.05) is 17.0 Å². The Morgan fingerprint density at radius 1 is 1.40 bits per heavy atom. The molecule has 1 atom stereocenters. The first-order valence-corrected chi connectivity index (χ1v) is 5.62. The Morgan fingerprint density at radius 2 is 2.20 bits per heavy atom. The predicted molar refractivity (Wildman–Crippen MR) is 59.9 cm³/mol. The molecule has 3 heteroatoms. The van der Waals surface area contributed by atoms with E-state index in [1.165, 1.54) is 0 Å². The average molecular weight is 227 g/mol. The van der Waals surface area contributed by atoms with Gasteiger partial charge in [-0.1, -0.05) is 17.7 Å². The lowest BCUT2D eigenvalue weighted by Crippen LogP contribution is -2.33. The van der Waals surface area contributed by atoms with Crippen LogP contribution in [0, 0.1) is 6.92 Å². The first kappa shape index (κ1) is 10.9. The standard InChI is InChI=1S/C12H15ClO2/c1-9-4-5-10(13)8-11(9)12(14)6-2-3-7-15-12/h4-5,8,14H,2-3,6-7H2,1H3. The highest BCUT2D eigenvalue weighted by molar-refractivity contribution is 6.30. The predicted octanol–water partition coefficient (Wildman–Crippen LogP) is 2.99. The van der Waals surface area contributed by atoms with Crippen LogP contribution in [0.3, 0.4) is 0 Å². The molecular formula is C12H15ClO2. The van der Waals surface area contributed by atoms with Crippen LogP contribution in [0.4, 0.5) is 0 Å². The summed E-state index contributed by atoms with van der Waals surface area (Å²) in [4.78, 5) is 0. The molecule has 0 spiro atoms. The van der Waals surface area contributed by atoms with Crippen molar-refractivity contribution < 1.29 is 9.84 Å². The molecule has 0 radical (unpaired) electrons. The van der Waals surface area contributed by atoms with Gasteiger partial charge in [0.2, 0.25) is 0 Å². The van der Waals surface area contributed by atoms with E-state index >= 15 is 0 Å². The Morgan fingerprint density at radius 3 is 2.87 bits per heavy atom. The minimum atomic E-state index is -1.13. The van der Waals surface area contributed by atoms with E-state index in [9.17, 15) is 5.11 Å². The van der Waals surface area contributed by atoms with E-state index in [4.69, 9.17) is 16.3 Å². The zero-order valence-electron chi connectivity index (χ0n) is 8.79. The number of aryl methyl sites for hydroxylation is 1. The maximum Gasteiger partial charge on any atom is 0.192 e. The smallest absolute Gasteiger partial charge is 0.192 e. The van der Waals surface area contributed by atoms with Crippen molar-refractivity contribution in [1.29, 1.82) is 0 Å². The Hall–Kier alpha value is -0.570. The highest BCUT2D eigenvalue weighted by atomic mass is 35.5. The number of benzene rings is 1. The molecule has 1 saturated heterocycles. The molecular weight excluding hydrogens is 212 g/mol. The van der Waals surface area contributed by atoms with Crippen LogP contribution in [0.5, 0.6) is 0 Å². The maximum atomic E-state index is 10.4. The summed E-state index contributed by atoms with van der Waals surface area (Å²) in [5, 5.41) is 11.0. The lowest BCUT2D eigenvalue weighted by atomic mass is 9.94. The van der Waals surface area contributed by atoms with Gasteiger partial charge in [-0.3, -0.25) is 0 Å². The van der Waals surface area contributed by atoms with Gasteiger partial charge < -0.3 is 9.84 Å². The summed E-state index contributed by atoms with van der Waals surface area (Å²) < 4.78 is 5.48. The summed E-state index contributed by atoms with van der Waals surface area (Å²) in [6, 6.07) is 5.53. The molecule has 0 bridgehead atoms. The first-order chi connectivity index (χ1) is 7.12. The normalized spacial score (nSPS) is 26.6. The van der Waals surface area contributed by atoms with Crippen LogP contribution in [0.1, 0.15) is 30.4 Å². The van der Waals surface area contributed by atoms with Gasteiger partial charge in [0.15, 0.2) is 5.79 Å². The van der Waals surface area contributed by atoms with Crippen molar-refractivity contribution in [3.8, 4) is 0 Å². The van der Waals surface area contributed by atoms with Gasteiger partial charge in [-0.25, -0.2) is 0 Å². The van der Waals surface area contributed by atoms with Crippen molar-refractivity contribution in [2.75, 3.05) is 6.61 Å².